The van der Waals surface area contributed by atoms with Crippen LogP contribution in [0.3, 0.4) is 0 Å². The van der Waals surface area contributed by atoms with Gasteiger partial charge in [0, 0.05) is 16.8 Å². The molecule has 0 aliphatic carbocycles. The number of carbonyl (C=O) groups is 1. The third-order valence-corrected chi connectivity index (χ3v) is 2.00. The molecule has 0 bridgehead atoms. The molecule has 0 fully saturated rings. The van der Waals surface area contributed by atoms with Crippen LogP contribution >= 0.6 is 0 Å². The van der Waals surface area contributed by atoms with E-state index in [0.29, 0.717) is 0 Å². The molecule has 0 unspecified atom stereocenters. The highest BCUT2D eigenvalue weighted by Crippen LogP contribution is 2.30. The second-order valence-electron chi connectivity index (χ2n) is 2.70. The quantitative estimate of drug-likeness (QED) is 0.624. The minimum Gasteiger partial charge on any atom is -0.321 e. The van der Waals surface area contributed by atoms with E-state index >= 15 is 0 Å². The lowest BCUT2D eigenvalue weighted by molar-refractivity contribution is -0.110. The smallest absolute Gasteiger partial charge is 0.256 e. The van der Waals surface area contributed by atoms with Gasteiger partial charge in [-0.15, -0.1) is 0 Å². The predicted octanol–water partition coefficient (Wildman–Crippen LogP) is 3.07. The van der Waals surface area contributed by atoms with Gasteiger partial charge in [0.1, 0.15) is 0 Å². The Bertz CT molecular complexity index is 366. The summed E-state index contributed by atoms with van der Waals surface area (Å²) in [4.78, 5) is 11.3. The fourth-order valence-corrected chi connectivity index (χ4v) is 1.43. The number of anilines is 1. The molecule has 0 spiro atoms. The van der Waals surface area contributed by atoms with Crippen LogP contribution in [-0.4, -0.2) is 5.91 Å². The Morgan fingerprint density at radius 1 is 1.21 bits per heavy atom. The molecule has 1 heterocycles. The van der Waals surface area contributed by atoms with Crippen LogP contribution in [0.4, 0.5) is 5.69 Å². The van der Waals surface area contributed by atoms with Gasteiger partial charge in [-0.2, -0.15) is 0 Å². The lowest BCUT2D eigenvalue weighted by Gasteiger charge is -1.94. The number of para-hydroxylation sites is 1. The first-order valence-electron chi connectivity index (χ1n) is 4.90. The Labute approximate surface area is 84.6 Å². The fourth-order valence-electron chi connectivity index (χ4n) is 1.43. The van der Waals surface area contributed by atoms with E-state index in [4.69, 9.17) is 0 Å². The number of rotatable bonds is 0. The average Bonchev–Trinajstić information content (AvgIpc) is 2.56. The molecule has 1 aliphatic heterocycles. The van der Waals surface area contributed by atoms with Crippen LogP contribution in [0.1, 0.15) is 26.3 Å². The molecule has 0 radical (unpaired) electrons. The summed E-state index contributed by atoms with van der Waals surface area (Å²) in [5.41, 5.74) is 2.69. The number of amides is 1. The molecule has 14 heavy (non-hydrogen) atoms. The molecule has 0 atom stereocenters. The Balaban J connectivity index is 0.000000461. The van der Waals surface area contributed by atoms with Gasteiger partial charge in [-0.25, -0.2) is 0 Å². The van der Waals surface area contributed by atoms with Crippen molar-refractivity contribution in [2.24, 2.45) is 0 Å². The Hall–Kier alpha value is -1.57. The first kappa shape index (κ1) is 10.5. The minimum absolute atomic E-state index is 0.00120. The van der Waals surface area contributed by atoms with Gasteiger partial charge in [0.2, 0.25) is 0 Å². The van der Waals surface area contributed by atoms with Crippen LogP contribution in [-0.2, 0) is 4.79 Å². The van der Waals surface area contributed by atoms with Crippen LogP contribution in [0.2, 0.25) is 0 Å². The average molecular weight is 189 g/mol. The van der Waals surface area contributed by atoms with E-state index < -0.39 is 0 Å². The molecule has 2 rings (SSSR count). The zero-order chi connectivity index (χ0) is 10.6. The van der Waals surface area contributed by atoms with Gasteiger partial charge < -0.3 is 5.32 Å². The van der Waals surface area contributed by atoms with Crippen molar-refractivity contribution < 1.29 is 4.79 Å². The Morgan fingerprint density at radius 2 is 1.86 bits per heavy atom. The third-order valence-electron chi connectivity index (χ3n) is 2.00. The van der Waals surface area contributed by atoms with Gasteiger partial charge in [0.15, 0.2) is 0 Å². The molecule has 1 aliphatic rings. The third kappa shape index (κ3) is 1.69. The van der Waals surface area contributed by atoms with Crippen molar-refractivity contribution in [1.82, 2.24) is 0 Å². The zero-order valence-corrected chi connectivity index (χ0v) is 8.79. The molecular weight excluding hydrogens is 174 g/mol. The summed E-state index contributed by atoms with van der Waals surface area (Å²) in [6.07, 6.45) is 1.83. The topological polar surface area (TPSA) is 29.1 Å². The van der Waals surface area contributed by atoms with Gasteiger partial charge >= 0.3 is 0 Å². The Kier molecular flexibility index (Phi) is 3.46. The van der Waals surface area contributed by atoms with Gasteiger partial charge in [0.05, 0.1) is 0 Å². The van der Waals surface area contributed by atoms with Crippen molar-refractivity contribution in [2.75, 3.05) is 5.32 Å². The van der Waals surface area contributed by atoms with Crippen LogP contribution in [0.15, 0.2) is 30.3 Å². The molecule has 1 aromatic carbocycles. The number of nitrogens with one attached hydrogen (secondary N) is 1. The van der Waals surface area contributed by atoms with Crippen molar-refractivity contribution in [1.29, 1.82) is 0 Å². The fraction of sp³-hybridized carbons (Fsp3) is 0.250. The van der Waals surface area contributed by atoms with E-state index in [1.54, 1.807) is 0 Å². The summed E-state index contributed by atoms with van der Waals surface area (Å²) >= 11 is 0. The summed E-state index contributed by atoms with van der Waals surface area (Å²) < 4.78 is 0. The number of hydrogen-bond donors (Lipinski definition) is 1. The highest BCUT2D eigenvalue weighted by molar-refractivity contribution is 6.31. The number of benzene rings is 1. The molecule has 1 amide bonds. The van der Waals surface area contributed by atoms with E-state index in [2.05, 4.69) is 5.32 Å². The van der Waals surface area contributed by atoms with E-state index in [1.807, 2.05) is 51.1 Å². The SMILES string of the molecule is C/C=C1\C(=O)Nc2ccccc21.CC. The molecule has 0 aromatic heterocycles. The maximum Gasteiger partial charge on any atom is 0.256 e. The van der Waals surface area contributed by atoms with Crippen LogP contribution in [0.5, 0.6) is 0 Å². The van der Waals surface area contributed by atoms with Crippen LogP contribution in [0, 0.1) is 0 Å². The maximum atomic E-state index is 11.3. The maximum absolute atomic E-state index is 11.3. The van der Waals surface area contributed by atoms with Crippen molar-refractivity contribution >= 4 is 17.2 Å². The zero-order valence-electron chi connectivity index (χ0n) is 8.79. The Morgan fingerprint density at radius 3 is 2.50 bits per heavy atom. The molecular formula is C12H15NO. The molecule has 74 valence electrons. The highest BCUT2D eigenvalue weighted by Gasteiger charge is 2.21. The van der Waals surface area contributed by atoms with E-state index in [1.165, 1.54) is 0 Å². The van der Waals surface area contributed by atoms with Gasteiger partial charge in [-0.1, -0.05) is 38.1 Å². The summed E-state index contributed by atoms with van der Waals surface area (Å²) in [5, 5.41) is 2.79. The first-order valence-corrected chi connectivity index (χ1v) is 4.90. The highest BCUT2D eigenvalue weighted by atomic mass is 16.1. The van der Waals surface area contributed by atoms with Crippen molar-refractivity contribution in [2.45, 2.75) is 20.8 Å². The van der Waals surface area contributed by atoms with E-state index in [-0.39, 0.29) is 5.91 Å². The van der Waals surface area contributed by atoms with Crippen molar-refractivity contribution in [3.8, 4) is 0 Å². The second-order valence-corrected chi connectivity index (χ2v) is 2.70. The minimum atomic E-state index is -0.00120. The summed E-state index contributed by atoms with van der Waals surface area (Å²) in [7, 11) is 0. The van der Waals surface area contributed by atoms with Crippen LogP contribution in [0.25, 0.3) is 5.57 Å². The molecule has 1 aromatic rings. The summed E-state index contributed by atoms with van der Waals surface area (Å²) in [6, 6.07) is 7.70. The largest absolute Gasteiger partial charge is 0.321 e. The molecule has 0 saturated carbocycles. The van der Waals surface area contributed by atoms with E-state index in [0.717, 1.165) is 16.8 Å². The molecule has 0 saturated heterocycles. The lowest BCUT2D eigenvalue weighted by Crippen LogP contribution is -2.03. The monoisotopic (exact) mass is 189 g/mol. The van der Waals surface area contributed by atoms with Gasteiger partial charge in [-0.05, 0) is 13.0 Å². The second kappa shape index (κ2) is 4.61. The number of allylic oxidation sites excluding steroid dienone is 1. The van der Waals surface area contributed by atoms with Crippen molar-refractivity contribution in [3.05, 3.63) is 35.9 Å². The molecule has 2 nitrogen and oxygen atoms in total. The predicted molar refractivity (Wildman–Crippen MR) is 60.1 cm³/mol. The van der Waals surface area contributed by atoms with Gasteiger partial charge in [-0.3, -0.25) is 4.79 Å². The number of carbonyl (C=O) groups excluding carboxylic acids is 1. The first-order chi connectivity index (χ1) is 6.83. The lowest BCUT2D eigenvalue weighted by atomic mass is 10.1. The normalized spacial score (nSPS) is 15.6. The van der Waals surface area contributed by atoms with Crippen LogP contribution < -0.4 is 5.32 Å². The standard InChI is InChI=1S/C10H9NO.C2H6/c1-2-7-8-5-3-4-6-9(8)11-10(7)12;1-2/h2-6H,1H3,(H,11,12);1-2H3/b7-2-;. The summed E-state index contributed by atoms with van der Waals surface area (Å²) in [6.45, 7) is 5.87. The van der Waals surface area contributed by atoms with Gasteiger partial charge in [0.25, 0.3) is 5.91 Å². The van der Waals surface area contributed by atoms with E-state index in [9.17, 15) is 4.79 Å². The molecule has 2 heteroatoms. The van der Waals surface area contributed by atoms with Crippen molar-refractivity contribution in [3.63, 3.8) is 0 Å². The number of hydrogen-bond acceptors (Lipinski definition) is 1. The number of fused-ring (bicyclic) bond motifs is 1. The molecule has 1 N–H and O–H groups in total. The summed E-state index contributed by atoms with van der Waals surface area (Å²) in [5.74, 6) is -0.00120.